The van der Waals surface area contributed by atoms with Gasteiger partial charge >= 0.3 is 0 Å². The van der Waals surface area contributed by atoms with Crippen molar-refractivity contribution >= 4 is 75.4 Å². The number of rotatable bonds is 5. The summed E-state index contributed by atoms with van der Waals surface area (Å²) in [5.41, 5.74) is 24.0. The Bertz CT molecular complexity index is 6740. The first-order valence-corrected chi connectivity index (χ1v) is 49.1. The SMILES string of the molecule is CC.CC.CC.CC.CC.CC.CC1(C)c2ccccc2-c2ccccc21.c1cc2ccc3cccc4ccc(c1)c2c34.c1ccc(-c2cccc(-c3ccccc3)c2)cc1.c1ccc(-c2cccc(-c3ccccc3)c2)cc1.c1ccc(-c2ccccc2)cc1.c1ccc2c(c1)-c1cccc3cccc-2c13.c1ccc2c(c1)ccc1ccccc12.c1ccc2ccccc2c1.c1ccccc1. The van der Waals surface area contributed by atoms with Crippen LogP contribution in [0.15, 0.2) is 546 Å². The Kier molecular flexibility index (Phi) is 40.8. The maximum Gasteiger partial charge on any atom is 0.0158 e. The third-order valence-corrected chi connectivity index (χ3v) is 23.3. The Morgan fingerprint density at radius 3 is 0.562 bits per heavy atom. The maximum atomic E-state index is 2.30. The Labute approximate surface area is 818 Å². The van der Waals surface area contributed by atoms with Crippen molar-refractivity contribution in [1.29, 1.82) is 0 Å². The van der Waals surface area contributed by atoms with E-state index in [1.54, 1.807) is 0 Å². The molecule has 0 N–H and O–H groups in total. The molecule has 0 fully saturated rings. The molecule has 0 heteroatoms. The fourth-order valence-corrected chi connectivity index (χ4v) is 17.1. The molecule has 0 radical (unpaired) electrons. The fraction of sp³-hybridized carbons (Fsp3) is 0.109. The highest BCUT2D eigenvalue weighted by Gasteiger charge is 2.34. The molecule has 0 aromatic heterocycles. The van der Waals surface area contributed by atoms with Crippen molar-refractivity contribution in [1.82, 2.24) is 0 Å². The smallest absolute Gasteiger partial charge is 0.0158 e. The number of benzene rings is 23. The van der Waals surface area contributed by atoms with Gasteiger partial charge < -0.3 is 0 Å². The molecule has 23 aromatic carbocycles. The van der Waals surface area contributed by atoms with Gasteiger partial charge in [-0.25, -0.2) is 0 Å². The van der Waals surface area contributed by atoms with E-state index in [2.05, 4.69) is 487 Å². The highest BCUT2D eigenvalue weighted by atomic mass is 14.4. The van der Waals surface area contributed by atoms with Crippen LogP contribution in [0.5, 0.6) is 0 Å². The van der Waals surface area contributed by atoms with Crippen LogP contribution >= 0.6 is 0 Å². The van der Waals surface area contributed by atoms with Gasteiger partial charge in [0.25, 0.3) is 0 Å². The molecule has 137 heavy (non-hydrogen) atoms. The van der Waals surface area contributed by atoms with Crippen molar-refractivity contribution in [3.63, 3.8) is 0 Å². The average molecular weight is 1780 g/mol. The quantitative estimate of drug-likeness (QED) is 0.151. The standard InChI is InChI=1S/2C18H14.2C16H10.C15H14.C14H10.C12H10.C10H8.C6H6.6C2H6/c2*1-3-8-15(9-4-1)17-12-7-13-18(14-17)16-10-5-2-6-11-16;1-3-11-7-9-13-5-2-6-14-10-8-12(4-1)15(11)16(13)14;1-2-8-13-12(7-1)14-9-3-5-11-6-4-10-15(13)16(11)14;1-15(2)13-9-5-3-7-11(13)12-8-4-6-10-14(12)15;1-3-7-13-11(5-1)9-10-12-6-2-4-8-14(12)13;1-3-7-11(8-4-1)12-9-5-2-6-10-12;1-2-6-10-8-4-3-7-9(10)5-1;1-2-4-6-5-3-1;6*1-2/h2*1-14H;2*1-10H;3-10H,1-2H3;1-10H;1-10H;1-8H;1-6H;6*1-2H3. The monoisotopic (exact) mass is 1780 g/mol. The Morgan fingerprint density at radius 2 is 0.285 bits per heavy atom. The van der Waals surface area contributed by atoms with Gasteiger partial charge in [0.05, 0.1) is 0 Å². The van der Waals surface area contributed by atoms with Gasteiger partial charge in [-0.2, -0.15) is 0 Å². The van der Waals surface area contributed by atoms with E-state index in [1.165, 1.54) is 176 Å². The number of fused-ring (bicyclic) bond motifs is 10. The van der Waals surface area contributed by atoms with Crippen molar-refractivity contribution in [2.75, 3.05) is 0 Å². The molecule has 0 heterocycles. The highest BCUT2D eigenvalue weighted by Crippen LogP contribution is 2.49. The lowest BCUT2D eigenvalue weighted by atomic mass is 9.82. The largest absolute Gasteiger partial charge is 0.0683 e. The molecule has 0 nitrogen and oxygen atoms in total. The Balaban J connectivity index is 0.000000147. The third kappa shape index (κ3) is 26.8. The van der Waals surface area contributed by atoms with Crippen molar-refractivity contribution in [3.05, 3.63) is 557 Å². The zero-order valence-corrected chi connectivity index (χ0v) is 82.5. The van der Waals surface area contributed by atoms with Crippen LogP contribution in [0, 0.1) is 0 Å². The van der Waals surface area contributed by atoms with Crippen LogP contribution < -0.4 is 0 Å². The molecule has 2 aliphatic carbocycles. The van der Waals surface area contributed by atoms with E-state index >= 15 is 0 Å². The first-order chi connectivity index (χ1) is 67.8. The molecule has 0 bridgehead atoms. The topological polar surface area (TPSA) is 0 Å². The molecule has 0 aliphatic heterocycles. The van der Waals surface area contributed by atoms with Gasteiger partial charge in [0.1, 0.15) is 0 Å². The van der Waals surface area contributed by atoms with Crippen LogP contribution in [0.4, 0.5) is 0 Å². The van der Waals surface area contributed by atoms with Crippen molar-refractivity contribution < 1.29 is 0 Å². The van der Waals surface area contributed by atoms with E-state index < -0.39 is 0 Å². The summed E-state index contributed by atoms with van der Waals surface area (Å²) in [6, 6.07) is 191. The molecule has 680 valence electrons. The average Bonchev–Trinajstić information content (AvgIpc) is 1.74. The van der Waals surface area contributed by atoms with Gasteiger partial charge in [0.2, 0.25) is 0 Å². The number of hydrogen-bond donors (Lipinski definition) is 0. The van der Waals surface area contributed by atoms with Crippen LogP contribution in [0.1, 0.15) is 108 Å². The summed E-state index contributed by atoms with van der Waals surface area (Å²) in [4.78, 5) is 0. The van der Waals surface area contributed by atoms with E-state index in [9.17, 15) is 0 Å². The van der Waals surface area contributed by atoms with Crippen LogP contribution in [0.3, 0.4) is 0 Å². The second-order valence-electron chi connectivity index (χ2n) is 31.6. The summed E-state index contributed by atoms with van der Waals surface area (Å²) in [6.07, 6.45) is 0. The fourth-order valence-electron chi connectivity index (χ4n) is 17.1. The van der Waals surface area contributed by atoms with Crippen LogP contribution in [-0.4, -0.2) is 0 Å². The van der Waals surface area contributed by atoms with Gasteiger partial charge in [0.15, 0.2) is 0 Å². The molecule has 2 aliphatic rings. The summed E-state index contributed by atoms with van der Waals surface area (Å²) >= 11 is 0. The van der Waals surface area contributed by atoms with E-state index in [0.29, 0.717) is 0 Å². The Hall–Kier alpha value is -15.9. The summed E-state index contributed by atoms with van der Waals surface area (Å²) in [5.74, 6) is 0. The maximum absolute atomic E-state index is 2.30. The van der Waals surface area contributed by atoms with Crippen LogP contribution in [0.2, 0.25) is 0 Å². The lowest BCUT2D eigenvalue weighted by Crippen LogP contribution is -2.14. The summed E-state index contributed by atoms with van der Waals surface area (Å²) in [5, 5.41) is 18.8. The van der Waals surface area contributed by atoms with E-state index in [0.717, 1.165) is 0 Å². The van der Waals surface area contributed by atoms with Crippen molar-refractivity contribution in [2.24, 2.45) is 0 Å². The molecule has 25 rings (SSSR count). The van der Waals surface area contributed by atoms with Crippen molar-refractivity contribution in [3.8, 4) is 89.0 Å². The second kappa shape index (κ2) is 55.0. The molecule has 0 unspecified atom stereocenters. The normalized spacial score (nSPS) is 10.5. The molecule has 23 aromatic rings. The Morgan fingerprint density at radius 1 is 0.117 bits per heavy atom. The number of hydrogen-bond acceptors (Lipinski definition) is 0. The molecule has 0 saturated heterocycles. The van der Waals surface area contributed by atoms with Gasteiger partial charge in [-0.3, -0.25) is 0 Å². The van der Waals surface area contributed by atoms with E-state index in [-0.39, 0.29) is 5.41 Å². The van der Waals surface area contributed by atoms with Crippen molar-refractivity contribution in [2.45, 2.75) is 102 Å². The van der Waals surface area contributed by atoms with Gasteiger partial charge in [-0.1, -0.05) is 631 Å². The minimum Gasteiger partial charge on any atom is -0.0683 e. The van der Waals surface area contributed by atoms with Gasteiger partial charge in [-0.15, -0.1) is 0 Å². The minimum absolute atomic E-state index is 0.160. The molecule has 0 saturated carbocycles. The predicted molar refractivity (Wildman–Crippen MR) is 609 cm³/mol. The zero-order valence-electron chi connectivity index (χ0n) is 82.5. The molecule has 0 amide bonds. The minimum atomic E-state index is 0.160. The van der Waals surface area contributed by atoms with E-state index in [4.69, 9.17) is 0 Å². The second-order valence-corrected chi connectivity index (χ2v) is 31.6. The molecular formula is C137H132. The first-order valence-electron chi connectivity index (χ1n) is 49.1. The summed E-state index contributed by atoms with van der Waals surface area (Å²) in [7, 11) is 0. The summed E-state index contributed by atoms with van der Waals surface area (Å²) < 4.78 is 0. The molecule has 0 atom stereocenters. The lowest BCUT2D eigenvalue weighted by Gasteiger charge is -2.20. The summed E-state index contributed by atoms with van der Waals surface area (Å²) in [6.45, 7) is 28.6. The zero-order chi connectivity index (χ0) is 96.6. The first kappa shape index (κ1) is 102. The van der Waals surface area contributed by atoms with Gasteiger partial charge in [-0.05, 0) is 188 Å². The molecule has 0 spiro atoms. The van der Waals surface area contributed by atoms with Gasteiger partial charge in [0, 0.05) is 5.41 Å². The highest BCUT2D eigenvalue weighted by molar-refractivity contribution is 6.23. The molecular weight excluding hydrogens is 1650 g/mol. The predicted octanol–water partition coefficient (Wildman–Crippen LogP) is 41.1. The van der Waals surface area contributed by atoms with Crippen LogP contribution in [-0.2, 0) is 5.41 Å². The third-order valence-electron chi connectivity index (χ3n) is 23.3. The lowest BCUT2D eigenvalue weighted by molar-refractivity contribution is 0.660. The van der Waals surface area contributed by atoms with Crippen LogP contribution in [0.25, 0.3) is 164 Å². The van der Waals surface area contributed by atoms with E-state index in [1.807, 2.05) is 156 Å².